The van der Waals surface area contributed by atoms with E-state index in [9.17, 15) is 5.11 Å². The first-order valence-electron chi connectivity index (χ1n) is 6.01. The Bertz CT molecular complexity index is 410. The third-order valence-electron chi connectivity index (χ3n) is 3.63. The molecular formula is C15H20O. The van der Waals surface area contributed by atoms with E-state index >= 15 is 0 Å². The van der Waals surface area contributed by atoms with Crippen LogP contribution in [0.3, 0.4) is 0 Å². The minimum absolute atomic E-state index is 0.175. The predicted octanol–water partition coefficient (Wildman–Crippen LogP) is 3.42. The van der Waals surface area contributed by atoms with Gasteiger partial charge in [-0.3, -0.25) is 0 Å². The zero-order valence-corrected chi connectivity index (χ0v) is 10.3. The summed E-state index contributed by atoms with van der Waals surface area (Å²) in [6.07, 6.45) is 4.50. The Labute approximate surface area is 97.8 Å². The zero-order valence-electron chi connectivity index (χ0n) is 10.3. The summed E-state index contributed by atoms with van der Waals surface area (Å²) < 4.78 is 0. The van der Waals surface area contributed by atoms with Gasteiger partial charge in [0, 0.05) is 5.92 Å². The normalized spacial score (nSPS) is 17.6. The van der Waals surface area contributed by atoms with Crippen LogP contribution in [0.4, 0.5) is 0 Å². The molecule has 0 fully saturated rings. The third-order valence-corrected chi connectivity index (χ3v) is 3.63. The number of hydrogen-bond donors (Lipinski definition) is 1. The van der Waals surface area contributed by atoms with Gasteiger partial charge in [-0.15, -0.1) is 0 Å². The fourth-order valence-electron chi connectivity index (χ4n) is 2.30. The largest absolute Gasteiger partial charge is 0.390 e. The van der Waals surface area contributed by atoms with E-state index in [1.807, 2.05) is 13.8 Å². The van der Waals surface area contributed by atoms with Crippen LogP contribution in [-0.4, -0.2) is 10.7 Å². The Kier molecular flexibility index (Phi) is 2.90. The fraction of sp³-hybridized carbons (Fsp3) is 0.467. The Balaban J connectivity index is 2.40. The van der Waals surface area contributed by atoms with Crippen LogP contribution < -0.4 is 0 Å². The van der Waals surface area contributed by atoms with Gasteiger partial charge in [-0.05, 0) is 43.4 Å². The maximum Gasteiger partial charge on any atom is 0.0657 e. The molecule has 1 aliphatic rings. The highest BCUT2D eigenvalue weighted by molar-refractivity contribution is 5.72. The molecule has 0 aromatic heterocycles. The average Bonchev–Trinajstić information content (AvgIpc) is 2.26. The molecule has 2 rings (SSSR count). The summed E-state index contributed by atoms with van der Waals surface area (Å²) in [6, 6.07) is 8.54. The summed E-state index contributed by atoms with van der Waals surface area (Å²) in [5, 5.41) is 10.1. The van der Waals surface area contributed by atoms with Crippen LogP contribution in [0, 0.1) is 5.92 Å². The third kappa shape index (κ3) is 2.05. The van der Waals surface area contributed by atoms with Crippen molar-refractivity contribution in [2.45, 2.75) is 39.2 Å². The topological polar surface area (TPSA) is 20.2 Å². The van der Waals surface area contributed by atoms with E-state index in [4.69, 9.17) is 0 Å². The predicted molar refractivity (Wildman–Crippen MR) is 68.2 cm³/mol. The second-order valence-corrected chi connectivity index (χ2v) is 5.23. The summed E-state index contributed by atoms with van der Waals surface area (Å²) in [7, 11) is 0. The van der Waals surface area contributed by atoms with Gasteiger partial charge < -0.3 is 5.11 Å². The van der Waals surface area contributed by atoms with Gasteiger partial charge in [-0.1, -0.05) is 37.3 Å². The van der Waals surface area contributed by atoms with Gasteiger partial charge in [-0.2, -0.15) is 0 Å². The lowest BCUT2D eigenvalue weighted by molar-refractivity contribution is 0.0477. The molecule has 1 aromatic carbocycles. The summed E-state index contributed by atoms with van der Waals surface area (Å²) in [4.78, 5) is 0. The van der Waals surface area contributed by atoms with Crippen LogP contribution in [0.2, 0.25) is 0 Å². The van der Waals surface area contributed by atoms with Gasteiger partial charge in [0.15, 0.2) is 0 Å². The van der Waals surface area contributed by atoms with Gasteiger partial charge in [0.05, 0.1) is 5.60 Å². The molecule has 0 saturated carbocycles. The first-order chi connectivity index (χ1) is 7.50. The smallest absolute Gasteiger partial charge is 0.0657 e. The lowest BCUT2D eigenvalue weighted by Gasteiger charge is -2.31. The SMILES string of the molecule is CC(C1=CCCc2ccccc21)C(C)(C)O. The molecule has 1 nitrogen and oxygen atoms in total. The van der Waals surface area contributed by atoms with Crippen LogP contribution >= 0.6 is 0 Å². The summed E-state index contributed by atoms with van der Waals surface area (Å²) in [5.74, 6) is 0.175. The van der Waals surface area contributed by atoms with Crippen LogP contribution in [-0.2, 0) is 6.42 Å². The first kappa shape index (κ1) is 11.4. The monoisotopic (exact) mass is 216 g/mol. The molecule has 1 atom stereocenters. The van der Waals surface area contributed by atoms with Crippen molar-refractivity contribution in [2.24, 2.45) is 5.92 Å². The standard InChI is InChI=1S/C15H20O/c1-11(15(2,3)16)13-10-6-8-12-7-4-5-9-14(12)13/h4-5,7,9-11,16H,6,8H2,1-3H3. The highest BCUT2D eigenvalue weighted by Gasteiger charge is 2.28. The van der Waals surface area contributed by atoms with Crippen LogP contribution in [0.15, 0.2) is 30.3 Å². The van der Waals surface area contributed by atoms with Crippen molar-refractivity contribution < 1.29 is 5.11 Å². The van der Waals surface area contributed by atoms with E-state index in [2.05, 4.69) is 37.3 Å². The van der Waals surface area contributed by atoms with Gasteiger partial charge in [0.1, 0.15) is 0 Å². The summed E-state index contributed by atoms with van der Waals surface area (Å²) in [6.45, 7) is 5.87. The Morgan fingerprint density at radius 2 is 1.94 bits per heavy atom. The quantitative estimate of drug-likeness (QED) is 0.803. The van der Waals surface area contributed by atoms with Gasteiger partial charge in [0.25, 0.3) is 0 Å². The average molecular weight is 216 g/mol. The summed E-state index contributed by atoms with van der Waals surface area (Å²) >= 11 is 0. The van der Waals surface area contributed by atoms with Gasteiger partial charge in [0.2, 0.25) is 0 Å². The Hall–Kier alpha value is -1.08. The van der Waals surface area contributed by atoms with Crippen molar-refractivity contribution in [3.8, 4) is 0 Å². The van der Waals surface area contributed by atoms with Crippen molar-refractivity contribution in [3.63, 3.8) is 0 Å². The maximum atomic E-state index is 10.1. The fourth-order valence-corrected chi connectivity index (χ4v) is 2.30. The zero-order chi connectivity index (χ0) is 11.8. The van der Waals surface area contributed by atoms with E-state index in [-0.39, 0.29) is 5.92 Å². The molecular weight excluding hydrogens is 196 g/mol. The number of aliphatic hydroxyl groups is 1. The molecule has 1 N–H and O–H groups in total. The van der Waals surface area contributed by atoms with Gasteiger partial charge >= 0.3 is 0 Å². The highest BCUT2D eigenvalue weighted by atomic mass is 16.3. The molecule has 16 heavy (non-hydrogen) atoms. The molecule has 0 heterocycles. The number of rotatable bonds is 2. The number of hydrogen-bond acceptors (Lipinski definition) is 1. The number of aryl methyl sites for hydroxylation is 1. The summed E-state index contributed by atoms with van der Waals surface area (Å²) in [5.41, 5.74) is 3.38. The second kappa shape index (κ2) is 4.06. The van der Waals surface area contributed by atoms with Crippen LogP contribution in [0.25, 0.3) is 5.57 Å². The molecule has 1 unspecified atom stereocenters. The lowest BCUT2D eigenvalue weighted by Crippen LogP contribution is -2.30. The number of allylic oxidation sites excluding steroid dienone is 1. The molecule has 0 bridgehead atoms. The lowest BCUT2D eigenvalue weighted by atomic mass is 9.78. The van der Waals surface area contributed by atoms with Crippen LogP contribution in [0.5, 0.6) is 0 Å². The molecule has 0 spiro atoms. The minimum Gasteiger partial charge on any atom is -0.390 e. The molecule has 1 heteroatoms. The highest BCUT2D eigenvalue weighted by Crippen LogP contribution is 2.36. The van der Waals surface area contributed by atoms with E-state index in [1.165, 1.54) is 16.7 Å². The van der Waals surface area contributed by atoms with Crippen molar-refractivity contribution in [3.05, 3.63) is 41.5 Å². The Morgan fingerprint density at radius 3 is 2.62 bits per heavy atom. The Morgan fingerprint density at radius 1 is 1.25 bits per heavy atom. The van der Waals surface area contributed by atoms with Gasteiger partial charge in [-0.25, -0.2) is 0 Å². The number of fused-ring (bicyclic) bond motifs is 1. The second-order valence-electron chi connectivity index (χ2n) is 5.23. The molecule has 0 amide bonds. The van der Waals surface area contributed by atoms with E-state index in [0.29, 0.717) is 0 Å². The first-order valence-corrected chi connectivity index (χ1v) is 6.01. The van der Waals surface area contributed by atoms with E-state index < -0.39 is 5.60 Å². The molecule has 0 saturated heterocycles. The molecule has 0 radical (unpaired) electrons. The van der Waals surface area contributed by atoms with E-state index in [1.54, 1.807) is 0 Å². The van der Waals surface area contributed by atoms with E-state index in [0.717, 1.165) is 12.8 Å². The van der Waals surface area contributed by atoms with Crippen molar-refractivity contribution >= 4 is 5.57 Å². The van der Waals surface area contributed by atoms with Crippen molar-refractivity contribution in [1.29, 1.82) is 0 Å². The van der Waals surface area contributed by atoms with Crippen molar-refractivity contribution in [2.75, 3.05) is 0 Å². The molecule has 0 aliphatic heterocycles. The van der Waals surface area contributed by atoms with Crippen LogP contribution in [0.1, 0.15) is 38.3 Å². The molecule has 1 aliphatic carbocycles. The maximum absolute atomic E-state index is 10.1. The van der Waals surface area contributed by atoms with Crippen molar-refractivity contribution in [1.82, 2.24) is 0 Å². The minimum atomic E-state index is -0.656. The molecule has 86 valence electrons. The molecule has 1 aromatic rings. The number of benzene rings is 1.